The molecule has 0 bridgehead atoms. The first-order valence-electron chi connectivity index (χ1n) is 11.4. The fourth-order valence-electron chi connectivity index (χ4n) is 4.35. The Morgan fingerprint density at radius 1 is 1.25 bits per heavy atom. The number of amides is 4. The Morgan fingerprint density at radius 2 is 2.06 bits per heavy atom. The zero-order valence-electron chi connectivity index (χ0n) is 19.0. The number of urea groups is 1. The molecule has 2 heterocycles. The van der Waals surface area contributed by atoms with E-state index in [9.17, 15) is 19.5 Å². The summed E-state index contributed by atoms with van der Waals surface area (Å²) in [6, 6.07) is 6.01. The Bertz CT molecular complexity index is 870. The molecule has 1 unspecified atom stereocenters. The minimum absolute atomic E-state index is 0.0132. The number of hydrogen-bond acceptors (Lipinski definition) is 3. The van der Waals surface area contributed by atoms with Crippen LogP contribution in [0.2, 0.25) is 0 Å². The summed E-state index contributed by atoms with van der Waals surface area (Å²) in [5.74, 6) is -0.0132. The third kappa shape index (κ3) is 6.02. The number of rotatable bonds is 8. The van der Waals surface area contributed by atoms with Crippen LogP contribution in [-0.4, -0.2) is 70.6 Å². The molecule has 3 rings (SSSR count). The van der Waals surface area contributed by atoms with Crippen LogP contribution < -0.4 is 5.32 Å². The Balaban J connectivity index is 1.34. The number of carbonyl (C=O) groups excluding carboxylic acids is 2. The highest BCUT2D eigenvalue weighted by molar-refractivity contribution is 5.84. The van der Waals surface area contributed by atoms with E-state index in [0.717, 1.165) is 55.3 Å². The molecule has 0 radical (unpaired) electrons. The molecule has 8 nitrogen and oxygen atoms in total. The van der Waals surface area contributed by atoms with Gasteiger partial charge in [-0.25, -0.2) is 9.59 Å². The molecule has 1 saturated heterocycles. The molecule has 1 fully saturated rings. The number of unbranched alkanes of at least 4 members (excludes halogenated alkanes) is 2. The van der Waals surface area contributed by atoms with Crippen LogP contribution in [0, 0.1) is 0 Å². The van der Waals surface area contributed by atoms with E-state index in [0.29, 0.717) is 19.6 Å². The van der Waals surface area contributed by atoms with Crippen molar-refractivity contribution in [2.45, 2.75) is 58.2 Å². The minimum Gasteiger partial charge on any atom is -0.465 e. The van der Waals surface area contributed by atoms with Crippen molar-refractivity contribution < 1.29 is 19.5 Å². The molecule has 2 aliphatic rings. The van der Waals surface area contributed by atoms with E-state index in [4.69, 9.17) is 0 Å². The highest BCUT2D eigenvalue weighted by Crippen LogP contribution is 2.27. The molecule has 1 aromatic carbocycles. The van der Waals surface area contributed by atoms with Gasteiger partial charge in [0, 0.05) is 32.7 Å². The zero-order valence-corrected chi connectivity index (χ0v) is 19.0. The molecule has 174 valence electrons. The number of fused-ring (bicyclic) bond motifs is 1. The highest BCUT2D eigenvalue weighted by atomic mass is 16.4. The Labute approximate surface area is 189 Å². The van der Waals surface area contributed by atoms with E-state index in [2.05, 4.69) is 17.5 Å². The van der Waals surface area contributed by atoms with Gasteiger partial charge in [0.15, 0.2) is 0 Å². The van der Waals surface area contributed by atoms with Crippen LogP contribution in [0.25, 0.3) is 6.08 Å². The molecule has 32 heavy (non-hydrogen) atoms. The maximum absolute atomic E-state index is 12.2. The number of allylic oxidation sites excluding steroid dienone is 1. The molecule has 0 spiro atoms. The lowest BCUT2D eigenvalue weighted by Crippen LogP contribution is -2.45. The van der Waals surface area contributed by atoms with Crippen molar-refractivity contribution in [1.82, 2.24) is 20.0 Å². The summed E-state index contributed by atoms with van der Waals surface area (Å²) in [5.41, 5.74) is 3.22. The standard InChI is InChI=1S/C24H34N4O4/c1-18-9-8-14-28(18)22(29)15-25-23(30)26(2)13-6-4-3-5-10-19-11-7-12-20-16-27(24(31)32)17-21(19)20/h5,7,10-12,18H,3-4,6,8-9,13-17H2,1-2H3,(H,25,30)(H,31,32)/b10-5+. The van der Waals surface area contributed by atoms with Gasteiger partial charge in [0.05, 0.1) is 13.1 Å². The number of hydrogen-bond donors (Lipinski definition) is 2. The van der Waals surface area contributed by atoms with Crippen LogP contribution in [0.15, 0.2) is 24.3 Å². The van der Waals surface area contributed by atoms with Crippen LogP contribution in [0.1, 0.15) is 55.7 Å². The predicted molar refractivity (Wildman–Crippen MR) is 123 cm³/mol. The van der Waals surface area contributed by atoms with Gasteiger partial charge in [-0.3, -0.25) is 9.69 Å². The fourth-order valence-corrected chi connectivity index (χ4v) is 4.35. The van der Waals surface area contributed by atoms with Crippen LogP contribution >= 0.6 is 0 Å². The van der Waals surface area contributed by atoms with Gasteiger partial charge in [-0.1, -0.05) is 30.4 Å². The first-order valence-corrected chi connectivity index (χ1v) is 11.4. The Kier molecular flexibility index (Phi) is 8.14. The summed E-state index contributed by atoms with van der Waals surface area (Å²) >= 11 is 0. The normalized spacial score (nSPS) is 17.6. The Hall–Kier alpha value is -3.03. The summed E-state index contributed by atoms with van der Waals surface area (Å²) < 4.78 is 0. The summed E-state index contributed by atoms with van der Waals surface area (Å²) in [6.45, 7) is 4.39. The molecule has 1 aromatic rings. The SMILES string of the molecule is CC1CCCN1C(=O)CNC(=O)N(C)CCCC/C=C/c1cccc2c1CN(C(=O)O)C2. The van der Waals surface area contributed by atoms with Crippen molar-refractivity contribution in [3.63, 3.8) is 0 Å². The second-order valence-electron chi connectivity index (χ2n) is 8.68. The van der Waals surface area contributed by atoms with Crippen molar-refractivity contribution >= 4 is 24.1 Å². The molecule has 0 saturated carbocycles. The van der Waals surface area contributed by atoms with E-state index in [1.807, 2.05) is 30.0 Å². The van der Waals surface area contributed by atoms with Crippen molar-refractivity contribution in [2.24, 2.45) is 0 Å². The van der Waals surface area contributed by atoms with E-state index in [1.54, 1.807) is 11.9 Å². The number of nitrogens with one attached hydrogen (secondary N) is 1. The summed E-state index contributed by atoms with van der Waals surface area (Å²) in [6.07, 6.45) is 8.02. The summed E-state index contributed by atoms with van der Waals surface area (Å²) in [4.78, 5) is 40.5. The number of nitrogens with zero attached hydrogens (tertiary/aromatic N) is 3. The predicted octanol–water partition coefficient (Wildman–Crippen LogP) is 3.52. The fraction of sp³-hybridized carbons (Fsp3) is 0.542. The molecule has 2 aliphatic heterocycles. The smallest absolute Gasteiger partial charge is 0.407 e. The maximum Gasteiger partial charge on any atom is 0.407 e. The third-order valence-electron chi connectivity index (χ3n) is 6.31. The van der Waals surface area contributed by atoms with E-state index >= 15 is 0 Å². The first-order chi connectivity index (χ1) is 15.4. The van der Waals surface area contributed by atoms with Gasteiger partial charge in [0.25, 0.3) is 0 Å². The number of carbonyl (C=O) groups is 3. The Morgan fingerprint density at radius 3 is 2.78 bits per heavy atom. The lowest BCUT2D eigenvalue weighted by molar-refractivity contribution is -0.130. The van der Waals surface area contributed by atoms with Crippen molar-refractivity contribution in [1.29, 1.82) is 0 Å². The number of carboxylic acid groups (broad SMARTS) is 1. The number of likely N-dealkylation sites (tertiary alicyclic amines) is 1. The highest BCUT2D eigenvalue weighted by Gasteiger charge is 2.25. The lowest BCUT2D eigenvalue weighted by atomic mass is 10.0. The average molecular weight is 443 g/mol. The van der Waals surface area contributed by atoms with Gasteiger partial charge >= 0.3 is 12.1 Å². The van der Waals surface area contributed by atoms with Crippen LogP contribution in [0.5, 0.6) is 0 Å². The second-order valence-corrected chi connectivity index (χ2v) is 8.68. The molecular weight excluding hydrogens is 408 g/mol. The zero-order chi connectivity index (χ0) is 23.1. The largest absolute Gasteiger partial charge is 0.465 e. The van der Waals surface area contributed by atoms with Crippen molar-refractivity contribution in [3.8, 4) is 0 Å². The molecule has 0 aliphatic carbocycles. The average Bonchev–Trinajstić information content (AvgIpc) is 3.40. The van der Waals surface area contributed by atoms with E-state index in [-0.39, 0.29) is 24.5 Å². The molecule has 8 heteroatoms. The monoisotopic (exact) mass is 442 g/mol. The second kappa shape index (κ2) is 11.0. The van der Waals surface area contributed by atoms with E-state index < -0.39 is 6.09 Å². The molecule has 2 N–H and O–H groups in total. The van der Waals surface area contributed by atoms with Crippen LogP contribution in [-0.2, 0) is 17.9 Å². The quantitative estimate of drug-likeness (QED) is 0.603. The summed E-state index contributed by atoms with van der Waals surface area (Å²) in [5, 5.41) is 11.9. The minimum atomic E-state index is -0.890. The lowest BCUT2D eigenvalue weighted by Gasteiger charge is -2.23. The first kappa shape index (κ1) is 23.6. The molecular formula is C24H34N4O4. The van der Waals surface area contributed by atoms with Gasteiger partial charge in [0.2, 0.25) is 5.91 Å². The van der Waals surface area contributed by atoms with Gasteiger partial charge < -0.3 is 20.2 Å². The van der Waals surface area contributed by atoms with Crippen LogP contribution in [0.3, 0.4) is 0 Å². The molecule has 1 atom stereocenters. The van der Waals surface area contributed by atoms with Crippen molar-refractivity contribution in [2.75, 3.05) is 26.7 Å². The third-order valence-corrected chi connectivity index (χ3v) is 6.31. The van der Waals surface area contributed by atoms with Gasteiger partial charge in [-0.2, -0.15) is 0 Å². The topological polar surface area (TPSA) is 93.2 Å². The molecule has 0 aromatic heterocycles. The van der Waals surface area contributed by atoms with Gasteiger partial charge in [-0.05, 0) is 55.7 Å². The maximum atomic E-state index is 12.2. The molecule has 4 amide bonds. The van der Waals surface area contributed by atoms with Crippen molar-refractivity contribution in [3.05, 3.63) is 41.0 Å². The van der Waals surface area contributed by atoms with E-state index in [1.165, 1.54) is 4.90 Å². The number of benzene rings is 1. The summed E-state index contributed by atoms with van der Waals surface area (Å²) in [7, 11) is 1.75. The van der Waals surface area contributed by atoms with Gasteiger partial charge in [-0.15, -0.1) is 0 Å². The van der Waals surface area contributed by atoms with Crippen LogP contribution in [0.4, 0.5) is 9.59 Å². The van der Waals surface area contributed by atoms with Gasteiger partial charge in [0.1, 0.15) is 0 Å².